The molecule has 0 spiro atoms. The van der Waals surface area contributed by atoms with Gasteiger partial charge >= 0.3 is 0 Å². The van der Waals surface area contributed by atoms with Gasteiger partial charge in [0.25, 0.3) is 6.48 Å². The minimum atomic E-state index is -1.35. The van der Waals surface area contributed by atoms with Gasteiger partial charge < -0.3 is 24.3 Å². The molecule has 0 bridgehead atoms. The van der Waals surface area contributed by atoms with Gasteiger partial charge in [0.2, 0.25) is 0 Å². The molecule has 1 atom stereocenters. The predicted molar refractivity (Wildman–Crippen MR) is 102 cm³/mol. The summed E-state index contributed by atoms with van der Waals surface area (Å²) in [5.74, 6) is 0.951. The third kappa shape index (κ3) is 4.22. The summed E-state index contributed by atoms with van der Waals surface area (Å²) in [6.07, 6.45) is 1.64. The van der Waals surface area contributed by atoms with Gasteiger partial charge in [-0.1, -0.05) is 12.1 Å². The van der Waals surface area contributed by atoms with E-state index >= 15 is 0 Å². The smallest absolute Gasteiger partial charge is 0.269 e. The summed E-state index contributed by atoms with van der Waals surface area (Å²) in [6, 6.07) is 9.36. The van der Waals surface area contributed by atoms with Crippen molar-refractivity contribution in [2.24, 2.45) is 5.92 Å². The average Bonchev–Trinajstić information content (AvgIpc) is 3.14. The van der Waals surface area contributed by atoms with Crippen LogP contribution in [0.3, 0.4) is 0 Å². The van der Waals surface area contributed by atoms with E-state index in [0.29, 0.717) is 36.4 Å². The van der Waals surface area contributed by atoms with Crippen molar-refractivity contribution >= 4 is 21.8 Å². The van der Waals surface area contributed by atoms with Gasteiger partial charge in [-0.15, -0.1) is 0 Å². The Morgan fingerprint density at radius 2 is 2.07 bits per heavy atom. The van der Waals surface area contributed by atoms with Crippen molar-refractivity contribution in [3.8, 4) is 5.75 Å². The van der Waals surface area contributed by atoms with E-state index in [4.69, 9.17) is 14.2 Å². The lowest BCUT2D eigenvalue weighted by Crippen LogP contribution is -2.34. The number of nitrogens with one attached hydrogen (secondary N) is 1. The van der Waals surface area contributed by atoms with Crippen LogP contribution in [-0.2, 0) is 26.0 Å². The first-order valence-corrected chi connectivity index (χ1v) is 10.2. The zero-order chi connectivity index (χ0) is 19.5. The fraction of sp³-hybridized carbons (Fsp3) is 0.368. The van der Waals surface area contributed by atoms with Crippen LogP contribution in [0.4, 0.5) is 0 Å². The van der Waals surface area contributed by atoms with Crippen LogP contribution in [0.25, 0.3) is 11.0 Å². The molecule has 0 radical (unpaired) electrons. The van der Waals surface area contributed by atoms with Crippen molar-refractivity contribution in [3.63, 3.8) is 0 Å². The van der Waals surface area contributed by atoms with Crippen molar-refractivity contribution in [1.82, 2.24) is 15.0 Å². The molecule has 1 aliphatic rings. The molecule has 3 heterocycles. The van der Waals surface area contributed by atoms with E-state index in [1.807, 2.05) is 31.2 Å². The predicted octanol–water partition coefficient (Wildman–Crippen LogP) is 1.89. The summed E-state index contributed by atoms with van der Waals surface area (Å²) in [4.78, 5) is 11.9. The first-order valence-electron chi connectivity index (χ1n) is 8.92. The molecule has 1 aromatic carbocycles. The molecule has 1 saturated heterocycles. The Morgan fingerprint density at radius 1 is 1.29 bits per heavy atom. The molecular weight excluding hydrogens is 382 g/mol. The topological polar surface area (TPSA) is 107 Å². The maximum absolute atomic E-state index is 12.8. The first kappa shape index (κ1) is 19.0. The molecule has 148 valence electrons. The number of H-pyrrole nitrogens is 1. The molecule has 0 amide bonds. The number of imidazole rings is 1. The summed E-state index contributed by atoms with van der Waals surface area (Å²) >= 11 is 0. The van der Waals surface area contributed by atoms with Crippen molar-refractivity contribution in [3.05, 3.63) is 47.8 Å². The highest BCUT2D eigenvalue weighted by Gasteiger charge is 2.21. The van der Waals surface area contributed by atoms with E-state index in [2.05, 4.69) is 15.0 Å². The number of aliphatic hydroxyl groups is 1. The summed E-state index contributed by atoms with van der Waals surface area (Å²) in [7, 11) is -1.35. The minimum Gasteiger partial charge on any atom is -0.493 e. The summed E-state index contributed by atoms with van der Waals surface area (Å²) < 4.78 is 28.7. The van der Waals surface area contributed by atoms with E-state index in [9.17, 15) is 9.32 Å². The number of aliphatic hydroxyl groups excluding tert-OH is 1. The van der Waals surface area contributed by atoms with Crippen LogP contribution in [0.1, 0.15) is 11.3 Å². The zero-order valence-electron chi connectivity index (χ0n) is 15.3. The van der Waals surface area contributed by atoms with E-state index in [0.717, 1.165) is 16.6 Å². The fourth-order valence-electron chi connectivity index (χ4n) is 2.93. The molecule has 3 aromatic rings. The number of hydrogen-bond donors (Lipinski definition) is 2. The van der Waals surface area contributed by atoms with Gasteiger partial charge in [-0.05, 0) is 25.1 Å². The van der Waals surface area contributed by atoms with Crippen molar-refractivity contribution in [2.45, 2.75) is 24.3 Å². The maximum Gasteiger partial charge on any atom is 0.269 e. The number of para-hydroxylation sites is 2. The number of fused-ring (bicyclic) bond motifs is 1. The standard InChI is InChI=1S/C19H21N3O5S/c1-12-16(11-28(24)18-21-14-4-2-3-5-15(14)22-18)20-7-6-17(12)25-8-13-9-26-19(23)27-10-13/h2-7,13,19,23H,8-11H2,1H3,(H,21,22). The molecule has 4 rings (SSSR count). The Kier molecular flexibility index (Phi) is 5.67. The quantitative estimate of drug-likeness (QED) is 0.647. The minimum absolute atomic E-state index is 0.0316. The van der Waals surface area contributed by atoms with Gasteiger partial charge in [-0.3, -0.25) is 9.19 Å². The Bertz CT molecular complexity index is 952. The van der Waals surface area contributed by atoms with Gasteiger partial charge in [0, 0.05) is 17.7 Å². The molecule has 0 aliphatic carbocycles. The van der Waals surface area contributed by atoms with Gasteiger partial charge in [-0.2, -0.15) is 0 Å². The van der Waals surface area contributed by atoms with E-state index in [1.54, 1.807) is 12.3 Å². The van der Waals surface area contributed by atoms with Crippen LogP contribution < -0.4 is 4.74 Å². The molecule has 0 saturated carbocycles. The summed E-state index contributed by atoms with van der Waals surface area (Å²) in [6.45, 7) is 1.87. The lowest BCUT2D eigenvalue weighted by atomic mass is 10.2. The monoisotopic (exact) mass is 403 g/mol. The molecule has 2 aromatic heterocycles. The highest BCUT2D eigenvalue weighted by atomic mass is 32.2. The molecule has 28 heavy (non-hydrogen) atoms. The third-order valence-electron chi connectivity index (χ3n) is 4.53. The van der Waals surface area contributed by atoms with Crippen molar-refractivity contribution in [1.29, 1.82) is 0 Å². The SMILES string of the molecule is Cc1c(OCC2COC(O)OC2)ccnc1CS(=O)c1nc2ccccc2[nH]1. The highest BCUT2D eigenvalue weighted by molar-refractivity contribution is 7.84. The number of pyridine rings is 1. The highest BCUT2D eigenvalue weighted by Crippen LogP contribution is 2.23. The van der Waals surface area contributed by atoms with Crippen LogP contribution in [-0.4, -0.2) is 50.6 Å². The Balaban J connectivity index is 1.43. The zero-order valence-corrected chi connectivity index (χ0v) is 16.1. The lowest BCUT2D eigenvalue weighted by Gasteiger charge is -2.26. The molecule has 9 heteroatoms. The van der Waals surface area contributed by atoms with E-state index in [1.165, 1.54) is 0 Å². The number of rotatable bonds is 6. The van der Waals surface area contributed by atoms with Gasteiger partial charge in [0.05, 0.1) is 53.1 Å². The van der Waals surface area contributed by atoms with Crippen LogP contribution in [0, 0.1) is 12.8 Å². The first-order chi connectivity index (χ1) is 13.6. The van der Waals surface area contributed by atoms with E-state index in [-0.39, 0.29) is 11.7 Å². The number of hydrogen-bond acceptors (Lipinski definition) is 7. The van der Waals surface area contributed by atoms with Crippen LogP contribution in [0.5, 0.6) is 5.75 Å². The average molecular weight is 403 g/mol. The number of ether oxygens (including phenoxy) is 3. The fourth-order valence-corrected chi connectivity index (χ4v) is 4.03. The van der Waals surface area contributed by atoms with Gasteiger partial charge in [0.15, 0.2) is 5.16 Å². The van der Waals surface area contributed by atoms with E-state index < -0.39 is 17.3 Å². The Morgan fingerprint density at radius 3 is 2.86 bits per heavy atom. The second-order valence-electron chi connectivity index (χ2n) is 6.58. The normalized spacial score (nSPS) is 20.9. The number of benzene rings is 1. The molecule has 8 nitrogen and oxygen atoms in total. The van der Waals surface area contributed by atoms with Gasteiger partial charge in [-0.25, -0.2) is 4.98 Å². The van der Waals surface area contributed by atoms with Crippen molar-refractivity contribution in [2.75, 3.05) is 19.8 Å². The lowest BCUT2D eigenvalue weighted by molar-refractivity contribution is -0.303. The molecule has 2 N–H and O–H groups in total. The number of nitrogens with zero attached hydrogens (tertiary/aromatic N) is 2. The van der Waals surface area contributed by atoms with Crippen LogP contribution >= 0.6 is 0 Å². The third-order valence-corrected chi connectivity index (χ3v) is 5.69. The second kappa shape index (κ2) is 8.36. The molecular formula is C19H21N3O5S. The molecule has 1 aliphatic heterocycles. The summed E-state index contributed by atoms with van der Waals surface area (Å²) in [5, 5.41) is 9.62. The summed E-state index contributed by atoms with van der Waals surface area (Å²) in [5.41, 5.74) is 3.18. The maximum atomic E-state index is 12.8. The van der Waals surface area contributed by atoms with Crippen molar-refractivity contribution < 1.29 is 23.5 Å². The number of aromatic amines is 1. The van der Waals surface area contributed by atoms with Crippen LogP contribution in [0.15, 0.2) is 41.7 Å². The Hall–Kier alpha value is -2.33. The van der Waals surface area contributed by atoms with Crippen LogP contribution in [0.2, 0.25) is 0 Å². The second-order valence-corrected chi connectivity index (χ2v) is 7.95. The van der Waals surface area contributed by atoms with Gasteiger partial charge in [0.1, 0.15) is 5.75 Å². The molecule has 1 fully saturated rings. The largest absolute Gasteiger partial charge is 0.493 e. The number of aromatic nitrogens is 3. The Labute approximate surface area is 164 Å². The molecule has 1 unspecified atom stereocenters.